The summed E-state index contributed by atoms with van der Waals surface area (Å²) < 4.78 is 27.1. The van der Waals surface area contributed by atoms with E-state index in [1.54, 1.807) is 36.1 Å². The fourth-order valence-electron chi connectivity index (χ4n) is 2.94. The van der Waals surface area contributed by atoms with Gasteiger partial charge in [-0.2, -0.15) is 0 Å². The Kier molecular flexibility index (Phi) is 9.12. The molecule has 6 nitrogen and oxygen atoms in total. The van der Waals surface area contributed by atoms with Gasteiger partial charge in [-0.15, -0.1) is 0 Å². The van der Waals surface area contributed by atoms with Crippen LogP contribution < -0.4 is 4.72 Å². The molecule has 2 aromatic carbocycles. The summed E-state index contributed by atoms with van der Waals surface area (Å²) in [5, 5.41) is 0.876. The van der Waals surface area contributed by atoms with Crippen LogP contribution in [0.5, 0.6) is 0 Å². The smallest absolute Gasteiger partial charge is 0.254 e. The van der Waals surface area contributed by atoms with Gasteiger partial charge in [0.1, 0.15) is 0 Å². The van der Waals surface area contributed by atoms with Crippen LogP contribution in [0, 0.1) is 0 Å². The number of rotatable bonds is 10. The van der Waals surface area contributed by atoms with Crippen molar-refractivity contribution in [2.24, 2.45) is 0 Å². The zero-order valence-corrected chi connectivity index (χ0v) is 19.7. The molecule has 0 saturated carbocycles. The van der Waals surface area contributed by atoms with Crippen molar-refractivity contribution >= 4 is 39.1 Å². The first kappa shape index (κ1) is 24.6. The third kappa shape index (κ3) is 6.96. The first-order chi connectivity index (χ1) is 14.1. The Hall–Kier alpha value is -1.64. The van der Waals surface area contributed by atoms with Crippen LogP contribution in [0.3, 0.4) is 0 Å². The molecule has 2 rings (SSSR count). The molecule has 0 fully saturated rings. The van der Waals surface area contributed by atoms with Crippen molar-refractivity contribution in [2.45, 2.75) is 24.8 Å². The fraction of sp³-hybridized carbons (Fsp3) is 0.381. The van der Waals surface area contributed by atoms with Crippen LogP contribution in [-0.4, -0.2) is 57.9 Å². The van der Waals surface area contributed by atoms with Crippen molar-refractivity contribution in [3.8, 4) is 0 Å². The predicted molar refractivity (Wildman–Crippen MR) is 122 cm³/mol. The van der Waals surface area contributed by atoms with Gasteiger partial charge in [-0.1, -0.05) is 42.3 Å². The van der Waals surface area contributed by atoms with E-state index in [1.807, 2.05) is 25.1 Å². The van der Waals surface area contributed by atoms with Gasteiger partial charge in [0, 0.05) is 25.2 Å². The monoisotopic (exact) mass is 471 g/mol. The third-order valence-electron chi connectivity index (χ3n) is 4.40. The lowest BCUT2D eigenvalue weighted by atomic mass is 10.1. The maximum atomic E-state index is 13.3. The maximum Gasteiger partial charge on any atom is 0.254 e. The summed E-state index contributed by atoms with van der Waals surface area (Å²) in [6.07, 6.45) is 0.773. The summed E-state index contributed by atoms with van der Waals surface area (Å²) in [7, 11) is 0.296. The number of nitrogens with zero attached hydrogens (tertiary/aromatic N) is 2. The van der Waals surface area contributed by atoms with Gasteiger partial charge in [-0.05, 0) is 63.0 Å². The minimum absolute atomic E-state index is 0.0676. The Labute approximate surface area is 188 Å². The Balaban J connectivity index is 2.30. The lowest BCUT2D eigenvalue weighted by Gasteiger charge is -2.24. The number of benzene rings is 2. The van der Waals surface area contributed by atoms with E-state index in [0.29, 0.717) is 28.7 Å². The van der Waals surface area contributed by atoms with Crippen molar-refractivity contribution in [1.29, 1.82) is 0 Å². The Morgan fingerprint density at radius 3 is 2.40 bits per heavy atom. The summed E-state index contributed by atoms with van der Waals surface area (Å²) in [6, 6.07) is 11.4. The van der Waals surface area contributed by atoms with Crippen molar-refractivity contribution in [3.63, 3.8) is 0 Å². The van der Waals surface area contributed by atoms with Gasteiger partial charge in [-0.3, -0.25) is 4.79 Å². The SMILES string of the molecule is CCNS(=O)(=O)c1cccc(C(=O)N(CCCN(C)C)Cc2ccc(Cl)c(Cl)c2)c1. The largest absolute Gasteiger partial charge is 0.334 e. The molecule has 1 amide bonds. The first-order valence-electron chi connectivity index (χ1n) is 9.61. The van der Waals surface area contributed by atoms with E-state index in [4.69, 9.17) is 23.2 Å². The van der Waals surface area contributed by atoms with Gasteiger partial charge < -0.3 is 9.80 Å². The number of hydrogen-bond donors (Lipinski definition) is 1. The zero-order chi connectivity index (χ0) is 22.3. The topological polar surface area (TPSA) is 69.7 Å². The van der Waals surface area contributed by atoms with Crippen LogP contribution in [0.25, 0.3) is 0 Å². The molecule has 9 heteroatoms. The number of hydrogen-bond acceptors (Lipinski definition) is 4. The van der Waals surface area contributed by atoms with E-state index < -0.39 is 10.0 Å². The lowest BCUT2D eigenvalue weighted by Crippen LogP contribution is -2.33. The van der Waals surface area contributed by atoms with E-state index >= 15 is 0 Å². The number of carbonyl (C=O) groups excluding carboxylic acids is 1. The van der Waals surface area contributed by atoms with E-state index in [2.05, 4.69) is 4.72 Å². The fourth-order valence-corrected chi connectivity index (χ4v) is 4.35. The highest BCUT2D eigenvalue weighted by Gasteiger charge is 2.20. The molecule has 0 spiro atoms. The summed E-state index contributed by atoms with van der Waals surface area (Å²) in [5.41, 5.74) is 1.16. The summed E-state index contributed by atoms with van der Waals surface area (Å²) in [5.74, 6) is -0.242. The molecule has 0 aliphatic rings. The minimum atomic E-state index is -3.65. The van der Waals surface area contributed by atoms with Crippen LogP contribution in [0.4, 0.5) is 0 Å². The second-order valence-electron chi connectivity index (χ2n) is 7.16. The normalized spacial score (nSPS) is 11.7. The Morgan fingerprint density at radius 1 is 1.03 bits per heavy atom. The van der Waals surface area contributed by atoms with Gasteiger partial charge in [0.05, 0.1) is 14.9 Å². The number of nitrogens with one attached hydrogen (secondary N) is 1. The molecular weight excluding hydrogens is 445 g/mol. The molecule has 0 radical (unpaired) electrons. The quantitative estimate of drug-likeness (QED) is 0.570. The number of sulfonamides is 1. The molecule has 164 valence electrons. The molecule has 0 saturated heterocycles. The molecule has 0 bridgehead atoms. The molecule has 0 aliphatic heterocycles. The zero-order valence-electron chi connectivity index (χ0n) is 17.4. The average Bonchev–Trinajstić information content (AvgIpc) is 2.69. The second kappa shape index (κ2) is 11.1. The van der Waals surface area contributed by atoms with E-state index in [0.717, 1.165) is 18.5 Å². The molecule has 0 unspecified atom stereocenters. The highest BCUT2D eigenvalue weighted by atomic mass is 35.5. The van der Waals surface area contributed by atoms with E-state index in [-0.39, 0.29) is 17.3 Å². The number of amides is 1. The Bertz CT molecular complexity index is 981. The van der Waals surface area contributed by atoms with Crippen molar-refractivity contribution in [3.05, 3.63) is 63.6 Å². The summed E-state index contributed by atoms with van der Waals surface area (Å²) in [6.45, 7) is 3.65. The van der Waals surface area contributed by atoms with Gasteiger partial charge in [0.2, 0.25) is 10.0 Å². The molecule has 0 atom stereocenters. The summed E-state index contributed by atoms with van der Waals surface area (Å²) >= 11 is 12.1. The molecule has 30 heavy (non-hydrogen) atoms. The van der Waals surface area contributed by atoms with Crippen LogP contribution in [0.15, 0.2) is 47.4 Å². The van der Waals surface area contributed by atoms with E-state index in [1.165, 1.54) is 12.1 Å². The number of halogens is 2. The Morgan fingerprint density at radius 2 is 1.77 bits per heavy atom. The van der Waals surface area contributed by atoms with Crippen LogP contribution in [-0.2, 0) is 16.6 Å². The molecule has 0 aromatic heterocycles. The molecule has 0 heterocycles. The summed E-state index contributed by atoms with van der Waals surface area (Å²) in [4.78, 5) is 17.1. The van der Waals surface area contributed by atoms with Crippen LogP contribution >= 0.6 is 23.2 Å². The predicted octanol–water partition coefficient (Wildman–Crippen LogP) is 3.89. The standard InChI is InChI=1S/C21H27Cl2N3O3S/c1-4-24-30(28,29)18-8-5-7-17(14-18)21(27)26(12-6-11-25(2)3)15-16-9-10-19(22)20(23)13-16/h5,7-10,13-14,24H,4,6,11-12,15H2,1-3H3. The molecule has 1 N–H and O–H groups in total. The van der Waals surface area contributed by atoms with Gasteiger partial charge >= 0.3 is 0 Å². The first-order valence-corrected chi connectivity index (χ1v) is 11.9. The van der Waals surface area contributed by atoms with Crippen LogP contribution in [0.1, 0.15) is 29.3 Å². The maximum absolute atomic E-state index is 13.3. The minimum Gasteiger partial charge on any atom is -0.334 e. The number of carbonyl (C=O) groups is 1. The average molecular weight is 472 g/mol. The van der Waals surface area contributed by atoms with Crippen molar-refractivity contribution in [1.82, 2.24) is 14.5 Å². The van der Waals surface area contributed by atoms with Crippen LogP contribution in [0.2, 0.25) is 10.0 Å². The third-order valence-corrected chi connectivity index (χ3v) is 6.69. The second-order valence-corrected chi connectivity index (χ2v) is 9.74. The molecule has 2 aromatic rings. The molecule has 0 aliphatic carbocycles. The lowest BCUT2D eigenvalue weighted by molar-refractivity contribution is 0.0737. The van der Waals surface area contributed by atoms with E-state index in [9.17, 15) is 13.2 Å². The highest BCUT2D eigenvalue weighted by molar-refractivity contribution is 7.89. The van der Waals surface area contributed by atoms with Gasteiger partial charge in [-0.25, -0.2) is 13.1 Å². The van der Waals surface area contributed by atoms with Gasteiger partial charge in [0.25, 0.3) is 5.91 Å². The molecular formula is C21H27Cl2N3O3S. The van der Waals surface area contributed by atoms with Crippen molar-refractivity contribution < 1.29 is 13.2 Å². The van der Waals surface area contributed by atoms with Crippen molar-refractivity contribution in [2.75, 3.05) is 33.7 Å². The van der Waals surface area contributed by atoms with Gasteiger partial charge in [0.15, 0.2) is 0 Å². The highest BCUT2D eigenvalue weighted by Crippen LogP contribution is 2.24.